The van der Waals surface area contributed by atoms with Gasteiger partial charge in [0.15, 0.2) is 11.6 Å². The minimum absolute atomic E-state index is 0.0642. The number of nitrogens with zero attached hydrogens (tertiary/aromatic N) is 4. The molecule has 0 bridgehead atoms. The van der Waals surface area contributed by atoms with Crippen LogP contribution >= 0.6 is 0 Å². The molecule has 0 aliphatic carbocycles. The Bertz CT molecular complexity index is 1850. The van der Waals surface area contributed by atoms with E-state index >= 15 is 4.39 Å². The third-order valence-corrected chi connectivity index (χ3v) is 12.8. The maximum absolute atomic E-state index is 15.1. The molecule has 1 N–H and O–H groups in total. The number of hydrogen-bond donors (Lipinski definition) is 1. The second kappa shape index (κ2) is 10.8. The molecule has 8 rings (SSSR count). The van der Waals surface area contributed by atoms with Crippen LogP contribution in [0, 0.1) is 11.6 Å². The lowest BCUT2D eigenvalue weighted by molar-refractivity contribution is 0.107. The summed E-state index contributed by atoms with van der Waals surface area (Å²) in [6, 6.07) is 11.0. The van der Waals surface area contributed by atoms with Crippen molar-refractivity contribution in [2.24, 2.45) is 0 Å². The van der Waals surface area contributed by atoms with Crippen molar-refractivity contribution >= 4 is 38.3 Å². The molecule has 4 aliphatic rings. The van der Waals surface area contributed by atoms with Gasteiger partial charge >= 0.3 is 6.01 Å². The van der Waals surface area contributed by atoms with Crippen LogP contribution in [0.25, 0.3) is 32.8 Å². The number of aromatic nitrogens is 2. The lowest BCUT2D eigenvalue weighted by Gasteiger charge is -2.39. The summed E-state index contributed by atoms with van der Waals surface area (Å²) >= 11 is 0. The van der Waals surface area contributed by atoms with Gasteiger partial charge in [-0.3, -0.25) is 9.11 Å². The van der Waals surface area contributed by atoms with Crippen LogP contribution in [0.5, 0.6) is 11.8 Å². The van der Waals surface area contributed by atoms with Crippen molar-refractivity contribution in [1.29, 1.82) is 0 Å². The molecule has 4 aromatic rings. The van der Waals surface area contributed by atoms with E-state index in [4.69, 9.17) is 14.7 Å². The van der Waals surface area contributed by atoms with Crippen molar-refractivity contribution in [1.82, 2.24) is 14.9 Å². The zero-order chi connectivity index (χ0) is 30.9. The minimum Gasteiger partial charge on any atom is -0.508 e. The molecule has 11 heteroatoms. The van der Waals surface area contributed by atoms with Gasteiger partial charge in [0.25, 0.3) is 0 Å². The van der Waals surface area contributed by atoms with Gasteiger partial charge in [-0.1, -0.05) is 12.1 Å². The molecule has 4 saturated heterocycles. The summed E-state index contributed by atoms with van der Waals surface area (Å²) in [7, 11) is -0.821. The van der Waals surface area contributed by atoms with Gasteiger partial charge in [-0.15, -0.1) is 0 Å². The average molecular weight is 637 g/mol. The van der Waals surface area contributed by atoms with Crippen LogP contribution < -0.4 is 9.64 Å². The first-order chi connectivity index (χ1) is 21.7. The van der Waals surface area contributed by atoms with E-state index in [1.165, 1.54) is 18.2 Å². The van der Waals surface area contributed by atoms with Crippen molar-refractivity contribution in [2.45, 2.75) is 61.4 Å². The lowest BCUT2D eigenvalue weighted by atomic mass is 9.91. The quantitative estimate of drug-likeness (QED) is 0.277. The van der Waals surface area contributed by atoms with Crippen LogP contribution in [-0.2, 0) is 10.8 Å². The number of aromatic hydroxyl groups is 1. The van der Waals surface area contributed by atoms with Gasteiger partial charge < -0.3 is 14.7 Å². The van der Waals surface area contributed by atoms with E-state index in [1.54, 1.807) is 12.1 Å². The van der Waals surface area contributed by atoms with Crippen molar-refractivity contribution in [3.05, 3.63) is 54.1 Å². The molecule has 3 aromatic carbocycles. The molecule has 1 unspecified atom stereocenters. The third-order valence-electron chi connectivity index (χ3n) is 10.6. The summed E-state index contributed by atoms with van der Waals surface area (Å²) in [5, 5.41) is 11.7. The van der Waals surface area contributed by atoms with Crippen molar-refractivity contribution in [2.75, 3.05) is 43.4 Å². The summed E-state index contributed by atoms with van der Waals surface area (Å²) < 4.78 is 63.0. The van der Waals surface area contributed by atoms with E-state index in [-0.39, 0.29) is 34.0 Å². The normalized spacial score (nSPS) is 26.3. The summed E-state index contributed by atoms with van der Waals surface area (Å²) in [5.41, 5.74) is 1.09. The molecule has 0 amide bonds. The van der Waals surface area contributed by atoms with E-state index in [9.17, 15) is 18.1 Å². The van der Waals surface area contributed by atoms with E-state index in [0.717, 1.165) is 62.3 Å². The number of ether oxygens (including phenoxy) is 1. The van der Waals surface area contributed by atoms with Crippen LogP contribution in [0.4, 0.5) is 19.0 Å². The third kappa shape index (κ3) is 4.85. The molecule has 5 heterocycles. The Morgan fingerprint density at radius 1 is 1.00 bits per heavy atom. The molecule has 4 aliphatic heterocycles. The zero-order valence-electron chi connectivity index (χ0n) is 24.9. The average Bonchev–Trinajstić information content (AvgIpc) is 3.68. The van der Waals surface area contributed by atoms with Gasteiger partial charge in [0.2, 0.25) is 0 Å². The Morgan fingerprint density at radius 2 is 1.84 bits per heavy atom. The number of phenolic OH excluding ortho intramolecular Hbond substituents is 1. The lowest BCUT2D eigenvalue weighted by Crippen LogP contribution is -2.45. The van der Waals surface area contributed by atoms with E-state index in [1.807, 2.05) is 6.07 Å². The minimum atomic E-state index is -0.982. The van der Waals surface area contributed by atoms with Crippen molar-refractivity contribution in [3.8, 4) is 22.9 Å². The smallest absolute Gasteiger partial charge is 0.319 e. The molecular formula is C34H35F3N4O3S. The Hall–Kier alpha value is -3.44. The molecule has 1 aromatic heterocycles. The van der Waals surface area contributed by atoms with E-state index in [2.05, 4.69) is 9.80 Å². The fourth-order valence-electron chi connectivity index (χ4n) is 8.28. The van der Waals surface area contributed by atoms with Crippen molar-refractivity contribution in [3.63, 3.8) is 0 Å². The number of piperidine rings is 1. The SMILES string of the molecule is O=S1CCCC12CCN(c1nc(OC[C@@]34CCCN3C[C@H](F)C4)nc3cc(-c4cc(O)cc5ccc(F)c(F)c45)ccc13)CC2. The first-order valence-electron chi connectivity index (χ1n) is 15.8. The van der Waals surface area contributed by atoms with Crippen LogP contribution in [0.3, 0.4) is 0 Å². The second-order valence-corrected chi connectivity index (χ2v) is 15.2. The standard InChI is InChI=1S/C34H35F3N4O3S/c35-23-18-33(7-1-11-41(33)19-23)20-44-32-38-28-16-21(26-17-24(42)15-22-4-6-27(36)30(37)29(22)26)3-5-25(28)31(39-32)40-12-9-34(10-13-40)8-2-14-45(34)43/h3-6,15-17,23,42H,1-2,7-14,18-20H2/t23-,33+,45?/m1/s1. The van der Waals surface area contributed by atoms with Crippen LogP contribution in [0.1, 0.15) is 44.9 Å². The maximum atomic E-state index is 15.1. The highest BCUT2D eigenvalue weighted by Crippen LogP contribution is 2.43. The predicted octanol–water partition coefficient (Wildman–Crippen LogP) is 6.27. The molecule has 45 heavy (non-hydrogen) atoms. The Morgan fingerprint density at radius 3 is 2.64 bits per heavy atom. The molecule has 7 nitrogen and oxygen atoms in total. The van der Waals surface area contributed by atoms with Crippen LogP contribution in [-0.4, -0.2) is 79.2 Å². The zero-order valence-corrected chi connectivity index (χ0v) is 25.7. The first kappa shape index (κ1) is 29.0. The van der Waals surface area contributed by atoms with E-state index in [0.29, 0.717) is 53.9 Å². The summed E-state index contributed by atoms with van der Waals surface area (Å²) in [6.45, 7) is 2.94. The molecule has 3 atom stereocenters. The number of rotatable bonds is 5. The highest BCUT2D eigenvalue weighted by Gasteiger charge is 2.49. The molecular weight excluding hydrogens is 601 g/mol. The van der Waals surface area contributed by atoms with Gasteiger partial charge in [-0.05, 0) is 91.9 Å². The summed E-state index contributed by atoms with van der Waals surface area (Å²) in [5.74, 6) is -0.544. The van der Waals surface area contributed by atoms with E-state index < -0.39 is 28.6 Å². The monoisotopic (exact) mass is 636 g/mol. The van der Waals surface area contributed by atoms with Gasteiger partial charge in [0, 0.05) is 58.1 Å². The molecule has 0 saturated carbocycles. The highest BCUT2D eigenvalue weighted by molar-refractivity contribution is 7.86. The maximum Gasteiger partial charge on any atom is 0.319 e. The predicted molar refractivity (Wildman–Crippen MR) is 169 cm³/mol. The first-order valence-corrected chi connectivity index (χ1v) is 17.1. The number of halogens is 3. The fraction of sp³-hybridized carbons (Fsp3) is 0.471. The Balaban J connectivity index is 1.20. The summed E-state index contributed by atoms with van der Waals surface area (Å²) in [4.78, 5) is 14.1. The number of benzene rings is 3. The van der Waals surface area contributed by atoms with Crippen LogP contribution in [0.15, 0.2) is 42.5 Å². The van der Waals surface area contributed by atoms with Gasteiger partial charge in [0.05, 0.1) is 11.1 Å². The van der Waals surface area contributed by atoms with Gasteiger partial charge in [0.1, 0.15) is 24.3 Å². The summed E-state index contributed by atoms with van der Waals surface area (Å²) in [6.07, 6.45) is 5.01. The van der Waals surface area contributed by atoms with Gasteiger partial charge in [-0.2, -0.15) is 9.97 Å². The molecule has 1 spiro atoms. The van der Waals surface area contributed by atoms with Crippen molar-refractivity contribution < 1.29 is 27.2 Å². The molecule has 0 radical (unpaired) electrons. The Kier molecular flexibility index (Phi) is 6.98. The van der Waals surface area contributed by atoms with Crippen LogP contribution in [0.2, 0.25) is 0 Å². The number of phenols is 1. The number of alkyl halides is 1. The molecule has 4 fully saturated rings. The topological polar surface area (TPSA) is 78.8 Å². The van der Waals surface area contributed by atoms with Gasteiger partial charge in [-0.25, -0.2) is 13.2 Å². The number of hydrogen-bond acceptors (Lipinski definition) is 7. The largest absolute Gasteiger partial charge is 0.508 e. The Labute approximate surface area is 261 Å². The highest BCUT2D eigenvalue weighted by atomic mass is 32.2. The number of fused-ring (bicyclic) bond motifs is 3. The molecule has 236 valence electrons. The fourth-order valence-corrected chi connectivity index (χ4v) is 10.1. The number of anilines is 1. The second-order valence-electron chi connectivity index (χ2n) is 13.2.